The molecule has 1 aromatic rings. The molecule has 0 N–H and O–H groups in total. The highest BCUT2D eigenvalue weighted by Crippen LogP contribution is 2.19. The van der Waals surface area contributed by atoms with Gasteiger partial charge in [0.1, 0.15) is 5.76 Å². The van der Waals surface area contributed by atoms with E-state index in [4.69, 9.17) is 4.42 Å². The molecule has 0 aliphatic carbocycles. The Morgan fingerprint density at radius 2 is 2.20 bits per heavy atom. The van der Waals surface area contributed by atoms with Gasteiger partial charge in [-0.1, -0.05) is 0 Å². The van der Waals surface area contributed by atoms with Crippen LogP contribution in [0.3, 0.4) is 0 Å². The lowest BCUT2D eigenvalue weighted by molar-refractivity contribution is -0.186. The number of carbonyl (C=O) groups excluding carboxylic acids is 1. The Balaban J connectivity index is 2.69. The van der Waals surface area contributed by atoms with E-state index in [0.717, 1.165) is 0 Å². The van der Waals surface area contributed by atoms with Crippen molar-refractivity contribution in [3.8, 4) is 0 Å². The molecule has 6 heteroatoms. The zero-order chi connectivity index (χ0) is 11.5. The van der Waals surface area contributed by atoms with Crippen LogP contribution in [-0.4, -0.2) is 23.5 Å². The van der Waals surface area contributed by atoms with E-state index in [-0.39, 0.29) is 13.1 Å². The summed E-state index contributed by atoms with van der Waals surface area (Å²) in [6, 6.07) is 3.08. The fourth-order valence-corrected chi connectivity index (χ4v) is 1.10. The highest BCUT2D eigenvalue weighted by Gasteiger charge is 2.42. The van der Waals surface area contributed by atoms with Gasteiger partial charge in [0.2, 0.25) is 0 Å². The summed E-state index contributed by atoms with van der Waals surface area (Å²) >= 11 is 0. The van der Waals surface area contributed by atoms with Crippen LogP contribution in [0.5, 0.6) is 0 Å². The minimum absolute atomic E-state index is 0.0148. The average molecular weight is 221 g/mol. The summed E-state index contributed by atoms with van der Waals surface area (Å²) in [5.74, 6) is -1.52. The van der Waals surface area contributed by atoms with Crippen molar-refractivity contribution < 1.29 is 22.4 Å². The van der Waals surface area contributed by atoms with Gasteiger partial charge in [0, 0.05) is 6.54 Å². The summed E-state index contributed by atoms with van der Waals surface area (Å²) in [6.07, 6.45) is -3.48. The maximum absolute atomic E-state index is 12.1. The molecule has 1 amide bonds. The molecule has 0 bridgehead atoms. The summed E-state index contributed by atoms with van der Waals surface area (Å²) < 4.78 is 41.1. The number of carbonyl (C=O) groups is 1. The van der Waals surface area contributed by atoms with Crippen LogP contribution in [0, 0.1) is 0 Å². The number of halogens is 3. The number of nitrogens with zero attached hydrogens (tertiary/aromatic N) is 1. The SMILES string of the molecule is CCN(Cc1ccco1)C(=O)C(F)(F)F. The maximum atomic E-state index is 12.1. The topological polar surface area (TPSA) is 33.5 Å². The molecule has 3 nitrogen and oxygen atoms in total. The van der Waals surface area contributed by atoms with E-state index >= 15 is 0 Å². The van der Waals surface area contributed by atoms with E-state index in [9.17, 15) is 18.0 Å². The molecule has 0 unspecified atom stereocenters. The van der Waals surface area contributed by atoms with E-state index in [1.165, 1.54) is 19.3 Å². The summed E-state index contributed by atoms with van der Waals surface area (Å²) in [5, 5.41) is 0. The molecule has 0 atom stereocenters. The predicted octanol–water partition coefficient (Wildman–Crippen LogP) is 2.19. The van der Waals surface area contributed by atoms with Crippen molar-refractivity contribution in [1.29, 1.82) is 0 Å². The molecule has 1 aromatic heterocycles. The standard InChI is InChI=1S/C9H10F3NO2/c1-2-13(8(14)9(10,11)12)6-7-4-3-5-15-7/h3-5H,2,6H2,1H3. The Morgan fingerprint density at radius 3 is 2.60 bits per heavy atom. The highest BCUT2D eigenvalue weighted by molar-refractivity contribution is 5.81. The lowest BCUT2D eigenvalue weighted by Crippen LogP contribution is -2.40. The number of amides is 1. The Hall–Kier alpha value is -1.46. The van der Waals surface area contributed by atoms with Crippen molar-refractivity contribution >= 4 is 5.91 Å². The van der Waals surface area contributed by atoms with Crippen LogP contribution in [0.15, 0.2) is 22.8 Å². The zero-order valence-electron chi connectivity index (χ0n) is 8.04. The second kappa shape index (κ2) is 4.37. The number of alkyl halides is 3. The third-order valence-electron chi connectivity index (χ3n) is 1.84. The first-order valence-corrected chi connectivity index (χ1v) is 4.33. The van der Waals surface area contributed by atoms with Crippen molar-refractivity contribution in [1.82, 2.24) is 4.90 Å². The molecular formula is C9H10F3NO2. The fourth-order valence-electron chi connectivity index (χ4n) is 1.10. The molecule has 0 aliphatic heterocycles. The lowest BCUT2D eigenvalue weighted by Gasteiger charge is -2.20. The second-order valence-electron chi connectivity index (χ2n) is 2.90. The van der Waals surface area contributed by atoms with Gasteiger partial charge >= 0.3 is 12.1 Å². The van der Waals surface area contributed by atoms with Gasteiger partial charge in [-0.15, -0.1) is 0 Å². The van der Waals surface area contributed by atoms with Crippen molar-refractivity contribution in [3.05, 3.63) is 24.2 Å². The van der Waals surface area contributed by atoms with Gasteiger partial charge in [-0.25, -0.2) is 0 Å². The van der Waals surface area contributed by atoms with Crippen molar-refractivity contribution in [2.45, 2.75) is 19.6 Å². The van der Waals surface area contributed by atoms with E-state index in [1.807, 2.05) is 0 Å². The van der Waals surface area contributed by atoms with E-state index in [2.05, 4.69) is 0 Å². The monoisotopic (exact) mass is 221 g/mol. The van der Waals surface area contributed by atoms with E-state index < -0.39 is 12.1 Å². The van der Waals surface area contributed by atoms with Gasteiger partial charge in [0.15, 0.2) is 0 Å². The van der Waals surface area contributed by atoms with E-state index in [0.29, 0.717) is 10.7 Å². The van der Waals surface area contributed by atoms with Gasteiger partial charge in [-0.3, -0.25) is 4.79 Å². The quantitative estimate of drug-likeness (QED) is 0.783. The van der Waals surface area contributed by atoms with Gasteiger partial charge in [0.05, 0.1) is 12.8 Å². The van der Waals surface area contributed by atoms with Crippen LogP contribution in [0.25, 0.3) is 0 Å². The molecule has 0 aromatic carbocycles. The maximum Gasteiger partial charge on any atom is 0.471 e. The first-order valence-electron chi connectivity index (χ1n) is 4.33. The summed E-state index contributed by atoms with van der Waals surface area (Å²) in [5.41, 5.74) is 0. The smallest absolute Gasteiger partial charge is 0.467 e. The van der Waals surface area contributed by atoms with Gasteiger partial charge in [-0.2, -0.15) is 13.2 Å². The molecule has 0 radical (unpaired) electrons. The lowest BCUT2D eigenvalue weighted by atomic mass is 10.3. The van der Waals surface area contributed by atoms with E-state index in [1.54, 1.807) is 6.07 Å². The molecule has 0 fully saturated rings. The Kier molecular flexibility index (Phi) is 3.39. The van der Waals surface area contributed by atoms with Crippen LogP contribution >= 0.6 is 0 Å². The summed E-state index contributed by atoms with van der Waals surface area (Å²) in [4.78, 5) is 11.6. The Labute approximate surface area is 84.5 Å². The molecule has 1 heterocycles. The molecular weight excluding hydrogens is 211 g/mol. The van der Waals surface area contributed by atoms with Crippen molar-refractivity contribution in [2.24, 2.45) is 0 Å². The molecule has 0 spiro atoms. The molecule has 84 valence electrons. The first-order chi connectivity index (χ1) is 6.95. The minimum atomic E-state index is -4.83. The minimum Gasteiger partial charge on any atom is -0.467 e. The van der Waals surface area contributed by atoms with Crippen LogP contribution in [-0.2, 0) is 11.3 Å². The van der Waals surface area contributed by atoms with Gasteiger partial charge < -0.3 is 9.32 Å². The number of hydrogen-bond donors (Lipinski definition) is 0. The number of furan rings is 1. The van der Waals surface area contributed by atoms with Crippen LogP contribution < -0.4 is 0 Å². The third kappa shape index (κ3) is 3.00. The first kappa shape index (κ1) is 11.6. The normalized spacial score (nSPS) is 11.5. The van der Waals surface area contributed by atoms with Crippen LogP contribution in [0.2, 0.25) is 0 Å². The molecule has 0 saturated heterocycles. The molecule has 0 aliphatic rings. The number of hydrogen-bond acceptors (Lipinski definition) is 2. The predicted molar refractivity (Wildman–Crippen MR) is 45.9 cm³/mol. The summed E-state index contributed by atoms with van der Waals surface area (Å²) in [7, 11) is 0. The highest BCUT2D eigenvalue weighted by atomic mass is 19.4. The van der Waals surface area contributed by atoms with Gasteiger partial charge in [0.25, 0.3) is 0 Å². The second-order valence-corrected chi connectivity index (χ2v) is 2.90. The average Bonchev–Trinajstić information content (AvgIpc) is 2.64. The largest absolute Gasteiger partial charge is 0.471 e. The van der Waals surface area contributed by atoms with Crippen LogP contribution in [0.1, 0.15) is 12.7 Å². The molecule has 0 saturated carbocycles. The Bertz CT molecular complexity index is 319. The molecule has 1 rings (SSSR count). The third-order valence-corrected chi connectivity index (χ3v) is 1.84. The Morgan fingerprint density at radius 1 is 1.53 bits per heavy atom. The van der Waals surface area contributed by atoms with Gasteiger partial charge in [-0.05, 0) is 19.1 Å². The molecule has 15 heavy (non-hydrogen) atoms. The fraction of sp³-hybridized carbons (Fsp3) is 0.444. The zero-order valence-corrected chi connectivity index (χ0v) is 8.04. The summed E-state index contributed by atoms with van der Waals surface area (Å²) in [6.45, 7) is 1.30. The van der Waals surface area contributed by atoms with Crippen molar-refractivity contribution in [2.75, 3.05) is 6.54 Å². The number of rotatable bonds is 3. The van der Waals surface area contributed by atoms with Crippen molar-refractivity contribution in [3.63, 3.8) is 0 Å². The van der Waals surface area contributed by atoms with Crippen LogP contribution in [0.4, 0.5) is 13.2 Å².